The number of thioether (sulfide) groups is 1. The predicted octanol–water partition coefficient (Wildman–Crippen LogP) is 2.36. The van der Waals surface area contributed by atoms with E-state index < -0.39 is 0 Å². The van der Waals surface area contributed by atoms with Gasteiger partial charge in [-0.15, -0.1) is 5.10 Å². The van der Waals surface area contributed by atoms with Crippen molar-refractivity contribution in [1.82, 2.24) is 5.32 Å². The fraction of sp³-hybridized carbons (Fsp3) is 0.308. The van der Waals surface area contributed by atoms with Crippen molar-refractivity contribution < 1.29 is 4.79 Å². The zero-order chi connectivity index (χ0) is 13.0. The molecule has 0 aromatic heterocycles. The SMILES string of the molecule is CC(C)c1ccc(/C=N\N=C2/NC(=O)CS2)cc1. The van der Waals surface area contributed by atoms with E-state index in [1.54, 1.807) is 6.21 Å². The van der Waals surface area contributed by atoms with Gasteiger partial charge in [0, 0.05) is 0 Å². The van der Waals surface area contributed by atoms with Crippen molar-refractivity contribution in [3.8, 4) is 0 Å². The molecule has 1 aliphatic rings. The zero-order valence-electron chi connectivity index (χ0n) is 10.4. The number of nitrogens with zero attached hydrogens (tertiary/aromatic N) is 2. The largest absolute Gasteiger partial charge is 0.303 e. The maximum atomic E-state index is 10.9. The van der Waals surface area contributed by atoms with E-state index in [1.165, 1.54) is 17.3 Å². The molecule has 0 bridgehead atoms. The first-order valence-corrected chi connectivity index (χ1v) is 6.77. The summed E-state index contributed by atoms with van der Waals surface area (Å²) in [7, 11) is 0. The van der Waals surface area contributed by atoms with Gasteiger partial charge in [0.05, 0.1) is 12.0 Å². The molecular weight excluding hydrogens is 246 g/mol. The van der Waals surface area contributed by atoms with Crippen LogP contribution in [0.2, 0.25) is 0 Å². The predicted molar refractivity (Wildman–Crippen MR) is 76.2 cm³/mol. The van der Waals surface area contributed by atoms with Crippen LogP contribution in [-0.2, 0) is 4.79 Å². The molecule has 1 N–H and O–H groups in total. The normalized spacial score (nSPS) is 17.9. The van der Waals surface area contributed by atoms with Gasteiger partial charge in [0.1, 0.15) is 0 Å². The van der Waals surface area contributed by atoms with E-state index in [-0.39, 0.29) is 5.91 Å². The summed E-state index contributed by atoms with van der Waals surface area (Å²) in [6, 6.07) is 8.20. The lowest BCUT2D eigenvalue weighted by Crippen LogP contribution is -2.19. The van der Waals surface area contributed by atoms with Gasteiger partial charge in [-0.2, -0.15) is 5.10 Å². The molecule has 0 atom stereocenters. The molecule has 0 unspecified atom stereocenters. The summed E-state index contributed by atoms with van der Waals surface area (Å²) in [5.41, 5.74) is 2.30. The van der Waals surface area contributed by atoms with Crippen LogP contribution in [0.5, 0.6) is 0 Å². The Bertz CT molecular complexity index is 491. The minimum absolute atomic E-state index is 0.0183. The molecular formula is C13H15N3OS. The van der Waals surface area contributed by atoms with Gasteiger partial charge < -0.3 is 5.32 Å². The molecule has 0 saturated carbocycles. The molecule has 0 radical (unpaired) electrons. The van der Waals surface area contributed by atoms with Crippen molar-refractivity contribution >= 4 is 29.1 Å². The molecule has 2 rings (SSSR count). The highest BCUT2D eigenvalue weighted by Gasteiger charge is 2.15. The summed E-state index contributed by atoms with van der Waals surface area (Å²) in [5.74, 6) is 0.939. The van der Waals surface area contributed by atoms with Crippen LogP contribution in [0, 0.1) is 0 Å². The Hall–Kier alpha value is -1.62. The molecule has 0 aliphatic carbocycles. The van der Waals surface area contributed by atoms with E-state index in [9.17, 15) is 4.79 Å². The minimum Gasteiger partial charge on any atom is -0.303 e. The number of amidine groups is 1. The average Bonchev–Trinajstić information content (AvgIpc) is 2.76. The average molecular weight is 261 g/mol. The highest BCUT2D eigenvalue weighted by molar-refractivity contribution is 8.15. The fourth-order valence-corrected chi connectivity index (χ4v) is 2.13. The Labute approximate surface area is 111 Å². The maximum Gasteiger partial charge on any atom is 0.236 e. The summed E-state index contributed by atoms with van der Waals surface area (Å²) in [6.45, 7) is 4.32. The van der Waals surface area contributed by atoms with Crippen LogP contribution in [0.1, 0.15) is 30.9 Å². The number of benzene rings is 1. The van der Waals surface area contributed by atoms with Crippen LogP contribution in [0.4, 0.5) is 0 Å². The Morgan fingerprint density at radius 2 is 2.06 bits per heavy atom. The molecule has 4 nitrogen and oxygen atoms in total. The van der Waals surface area contributed by atoms with Crippen LogP contribution in [0.15, 0.2) is 34.5 Å². The topological polar surface area (TPSA) is 53.8 Å². The first-order valence-electron chi connectivity index (χ1n) is 5.79. The highest BCUT2D eigenvalue weighted by Crippen LogP contribution is 2.14. The fourth-order valence-electron chi connectivity index (χ4n) is 1.49. The second-order valence-corrected chi connectivity index (χ2v) is 5.27. The second kappa shape index (κ2) is 5.82. The number of amides is 1. The summed E-state index contributed by atoms with van der Waals surface area (Å²) in [5, 5.41) is 11.1. The molecule has 0 spiro atoms. The van der Waals surface area contributed by atoms with Gasteiger partial charge in [0.2, 0.25) is 5.91 Å². The Balaban J connectivity index is 1.99. The van der Waals surface area contributed by atoms with E-state index in [0.717, 1.165) is 5.56 Å². The van der Waals surface area contributed by atoms with Crippen molar-refractivity contribution in [1.29, 1.82) is 0 Å². The molecule has 1 aromatic carbocycles. The van der Waals surface area contributed by atoms with Crippen LogP contribution < -0.4 is 5.32 Å². The van der Waals surface area contributed by atoms with E-state index in [0.29, 0.717) is 16.8 Å². The summed E-state index contributed by atoms with van der Waals surface area (Å²) >= 11 is 1.37. The number of hydrogen-bond donors (Lipinski definition) is 1. The number of rotatable bonds is 3. The smallest absolute Gasteiger partial charge is 0.236 e. The number of hydrogen-bond acceptors (Lipinski definition) is 4. The Morgan fingerprint density at radius 3 is 2.61 bits per heavy atom. The molecule has 18 heavy (non-hydrogen) atoms. The number of nitrogens with one attached hydrogen (secondary N) is 1. The molecule has 1 aliphatic heterocycles. The van der Waals surface area contributed by atoms with Crippen molar-refractivity contribution in [3.05, 3.63) is 35.4 Å². The maximum absolute atomic E-state index is 10.9. The van der Waals surface area contributed by atoms with Gasteiger partial charge in [-0.05, 0) is 17.0 Å². The molecule has 1 saturated heterocycles. The van der Waals surface area contributed by atoms with Crippen molar-refractivity contribution in [2.45, 2.75) is 19.8 Å². The third kappa shape index (κ3) is 3.43. The lowest BCUT2D eigenvalue weighted by molar-refractivity contribution is -0.116. The van der Waals surface area contributed by atoms with Gasteiger partial charge in [0.25, 0.3) is 0 Å². The van der Waals surface area contributed by atoms with Crippen molar-refractivity contribution in [2.75, 3.05) is 5.75 Å². The summed E-state index contributed by atoms with van der Waals surface area (Å²) < 4.78 is 0. The van der Waals surface area contributed by atoms with E-state index >= 15 is 0 Å². The molecule has 1 heterocycles. The van der Waals surface area contributed by atoms with Crippen LogP contribution in [0.3, 0.4) is 0 Å². The van der Waals surface area contributed by atoms with E-state index in [4.69, 9.17) is 0 Å². The van der Waals surface area contributed by atoms with Gasteiger partial charge in [-0.25, -0.2) is 0 Å². The van der Waals surface area contributed by atoms with Gasteiger partial charge in [-0.3, -0.25) is 4.79 Å². The zero-order valence-corrected chi connectivity index (χ0v) is 11.2. The third-order valence-electron chi connectivity index (χ3n) is 2.54. The second-order valence-electron chi connectivity index (χ2n) is 4.31. The molecule has 5 heteroatoms. The van der Waals surface area contributed by atoms with Gasteiger partial charge in [0.15, 0.2) is 5.17 Å². The van der Waals surface area contributed by atoms with Crippen LogP contribution in [-0.4, -0.2) is 23.0 Å². The Morgan fingerprint density at radius 1 is 1.33 bits per heavy atom. The third-order valence-corrected chi connectivity index (χ3v) is 3.41. The monoisotopic (exact) mass is 261 g/mol. The van der Waals surface area contributed by atoms with Crippen LogP contribution in [0.25, 0.3) is 0 Å². The summed E-state index contributed by atoms with van der Waals surface area (Å²) in [6.07, 6.45) is 1.68. The van der Waals surface area contributed by atoms with Crippen molar-refractivity contribution in [3.63, 3.8) is 0 Å². The van der Waals surface area contributed by atoms with Crippen LogP contribution >= 0.6 is 11.8 Å². The van der Waals surface area contributed by atoms with Gasteiger partial charge in [-0.1, -0.05) is 49.9 Å². The molecule has 94 valence electrons. The van der Waals surface area contributed by atoms with E-state index in [2.05, 4.69) is 41.5 Å². The Kier molecular flexibility index (Phi) is 4.15. The quantitative estimate of drug-likeness (QED) is 0.671. The number of carbonyl (C=O) groups excluding carboxylic acids is 1. The number of carbonyl (C=O) groups is 1. The minimum atomic E-state index is -0.0183. The van der Waals surface area contributed by atoms with Crippen molar-refractivity contribution in [2.24, 2.45) is 10.2 Å². The highest BCUT2D eigenvalue weighted by atomic mass is 32.2. The molecule has 1 amide bonds. The lowest BCUT2D eigenvalue weighted by Gasteiger charge is -2.03. The molecule has 1 fully saturated rings. The first kappa shape index (κ1) is 12.8. The standard InChI is InChI=1S/C13H15N3OS/c1-9(2)11-5-3-10(4-6-11)7-14-16-13-15-12(17)8-18-13/h3-7,9H,8H2,1-2H3,(H,15,16,17)/b14-7-. The summed E-state index contributed by atoms with van der Waals surface area (Å²) in [4.78, 5) is 10.9. The van der Waals surface area contributed by atoms with E-state index in [1.807, 2.05) is 12.1 Å². The molecule has 1 aromatic rings. The first-order chi connectivity index (χ1) is 8.65. The lowest BCUT2D eigenvalue weighted by atomic mass is 10.0. The van der Waals surface area contributed by atoms with Gasteiger partial charge >= 0.3 is 0 Å².